The lowest BCUT2D eigenvalue weighted by Crippen LogP contribution is -2.12. The average molecular weight is 217 g/mol. The van der Waals surface area contributed by atoms with Gasteiger partial charge in [-0.1, -0.05) is 12.1 Å². The highest BCUT2D eigenvalue weighted by Gasteiger charge is 2.11. The summed E-state index contributed by atoms with van der Waals surface area (Å²) in [7, 11) is 0. The monoisotopic (exact) mass is 217 g/mol. The topological polar surface area (TPSA) is 29.1 Å². The van der Waals surface area contributed by atoms with Gasteiger partial charge in [0.15, 0.2) is 6.29 Å². The predicted octanol–water partition coefficient (Wildman–Crippen LogP) is 2.53. The van der Waals surface area contributed by atoms with Gasteiger partial charge in [0.05, 0.1) is 0 Å². The van der Waals surface area contributed by atoms with E-state index < -0.39 is 5.82 Å². The van der Waals surface area contributed by atoms with Crippen molar-refractivity contribution in [1.29, 1.82) is 0 Å². The number of carbonyl (C=O) groups is 1. The van der Waals surface area contributed by atoms with Gasteiger partial charge in [0.2, 0.25) is 0 Å². The van der Waals surface area contributed by atoms with E-state index in [-0.39, 0.29) is 0 Å². The largest absolute Gasteiger partial charge is 0.387 e. The van der Waals surface area contributed by atoms with Gasteiger partial charge >= 0.3 is 0 Å². The van der Waals surface area contributed by atoms with Crippen molar-refractivity contribution in [3.8, 4) is 0 Å². The van der Waals surface area contributed by atoms with Gasteiger partial charge in [-0.15, -0.1) is 0 Å². The second-order valence-electron chi connectivity index (χ2n) is 3.70. The Kier molecular flexibility index (Phi) is 2.86. The summed E-state index contributed by atoms with van der Waals surface area (Å²) in [5.41, 5.74) is 3.17. The Morgan fingerprint density at radius 3 is 2.94 bits per heavy atom. The molecule has 2 nitrogen and oxygen atoms in total. The summed E-state index contributed by atoms with van der Waals surface area (Å²) >= 11 is 0. The lowest BCUT2D eigenvalue weighted by Gasteiger charge is -2.15. The van der Waals surface area contributed by atoms with Crippen LogP contribution in [0.3, 0.4) is 0 Å². The van der Waals surface area contributed by atoms with E-state index in [4.69, 9.17) is 0 Å². The SMILES string of the molecule is CC1=CCNC=C1c1ccc(F)cc1C=O. The van der Waals surface area contributed by atoms with Gasteiger partial charge in [-0.3, -0.25) is 4.79 Å². The van der Waals surface area contributed by atoms with Gasteiger partial charge in [-0.05, 0) is 30.2 Å². The molecule has 0 atom stereocenters. The second-order valence-corrected chi connectivity index (χ2v) is 3.70. The highest BCUT2D eigenvalue weighted by atomic mass is 19.1. The van der Waals surface area contributed by atoms with Crippen molar-refractivity contribution in [3.63, 3.8) is 0 Å². The molecule has 0 radical (unpaired) electrons. The number of halogens is 1. The highest BCUT2D eigenvalue weighted by molar-refractivity contribution is 5.90. The van der Waals surface area contributed by atoms with Crippen LogP contribution in [-0.4, -0.2) is 12.8 Å². The summed E-state index contributed by atoms with van der Waals surface area (Å²) in [6, 6.07) is 4.26. The van der Waals surface area contributed by atoms with Crippen LogP contribution in [0, 0.1) is 5.82 Å². The third-order valence-corrected chi connectivity index (χ3v) is 2.63. The zero-order valence-corrected chi connectivity index (χ0v) is 8.96. The number of hydrogen-bond acceptors (Lipinski definition) is 2. The maximum atomic E-state index is 13.0. The summed E-state index contributed by atoms with van der Waals surface area (Å²) in [4.78, 5) is 10.9. The third kappa shape index (κ3) is 1.89. The molecular formula is C13H12FNO. The minimum absolute atomic E-state index is 0.378. The van der Waals surface area contributed by atoms with E-state index in [2.05, 4.69) is 5.32 Å². The van der Waals surface area contributed by atoms with E-state index in [1.54, 1.807) is 6.07 Å². The summed E-state index contributed by atoms with van der Waals surface area (Å²) in [5, 5.41) is 3.08. The smallest absolute Gasteiger partial charge is 0.150 e. The summed E-state index contributed by atoms with van der Waals surface area (Å²) in [5.74, 6) is -0.392. The molecule has 1 aromatic carbocycles. The molecule has 0 saturated heterocycles. The maximum absolute atomic E-state index is 13.0. The average Bonchev–Trinajstić information content (AvgIpc) is 2.30. The molecule has 0 amide bonds. The fourth-order valence-electron chi connectivity index (χ4n) is 1.76. The molecule has 0 bridgehead atoms. The Morgan fingerprint density at radius 2 is 2.25 bits per heavy atom. The predicted molar refractivity (Wildman–Crippen MR) is 61.5 cm³/mol. The Morgan fingerprint density at radius 1 is 1.44 bits per heavy atom. The van der Waals surface area contributed by atoms with Crippen LogP contribution in [0.1, 0.15) is 22.8 Å². The van der Waals surface area contributed by atoms with Crippen molar-refractivity contribution in [1.82, 2.24) is 5.32 Å². The number of allylic oxidation sites excluding steroid dienone is 2. The van der Waals surface area contributed by atoms with E-state index in [9.17, 15) is 9.18 Å². The van der Waals surface area contributed by atoms with Crippen LogP contribution in [0.15, 0.2) is 36.0 Å². The first kappa shape index (κ1) is 10.6. The molecular weight excluding hydrogens is 205 g/mol. The normalized spacial score (nSPS) is 14.9. The Bertz CT molecular complexity index is 489. The molecule has 0 fully saturated rings. The molecule has 0 saturated carbocycles. The number of hydrogen-bond donors (Lipinski definition) is 1. The van der Waals surface area contributed by atoms with Crippen molar-refractivity contribution in [2.24, 2.45) is 0 Å². The molecule has 0 spiro atoms. The Balaban J connectivity index is 2.51. The standard InChI is InChI=1S/C13H12FNO/c1-9-4-5-15-7-13(9)12-3-2-11(14)6-10(12)8-16/h2-4,6-8,15H,5H2,1H3. The minimum Gasteiger partial charge on any atom is -0.387 e. The van der Waals surface area contributed by atoms with Crippen LogP contribution in [0.25, 0.3) is 5.57 Å². The number of benzene rings is 1. The summed E-state index contributed by atoms with van der Waals surface area (Å²) < 4.78 is 13.0. The molecule has 0 aliphatic carbocycles. The molecule has 0 aromatic heterocycles. The van der Waals surface area contributed by atoms with Crippen LogP contribution in [-0.2, 0) is 0 Å². The van der Waals surface area contributed by atoms with Crippen molar-refractivity contribution < 1.29 is 9.18 Å². The van der Waals surface area contributed by atoms with Crippen LogP contribution < -0.4 is 5.32 Å². The quantitative estimate of drug-likeness (QED) is 0.771. The molecule has 82 valence electrons. The third-order valence-electron chi connectivity index (χ3n) is 2.63. The molecule has 16 heavy (non-hydrogen) atoms. The fraction of sp³-hybridized carbons (Fsp3) is 0.154. The van der Waals surface area contributed by atoms with E-state index in [0.29, 0.717) is 11.8 Å². The van der Waals surface area contributed by atoms with Crippen molar-refractivity contribution in [2.45, 2.75) is 6.92 Å². The number of carbonyl (C=O) groups excluding carboxylic acids is 1. The molecule has 1 N–H and O–H groups in total. The minimum atomic E-state index is -0.392. The lowest BCUT2D eigenvalue weighted by molar-refractivity contribution is 0.112. The number of dihydropyridines is 1. The molecule has 1 aliphatic rings. The molecule has 0 unspecified atom stereocenters. The van der Waals surface area contributed by atoms with E-state index in [1.165, 1.54) is 12.1 Å². The first-order chi connectivity index (χ1) is 7.72. The molecule has 1 aromatic rings. The van der Waals surface area contributed by atoms with Crippen molar-refractivity contribution in [2.75, 3.05) is 6.54 Å². The van der Waals surface area contributed by atoms with Gasteiger partial charge in [-0.2, -0.15) is 0 Å². The lowest BCUT2D eigenvalue weighted by atomic mass is 9.94. The summed E-state index contributed by atoms with van der Waals surface area (Å²) in [6.45, 7) is 2.76. The van der Waals surface area contributed by atoms with E-state index in [1.807, 2.05) is 19.2 Å². The van der Waals surface area contributed by atoms with Gasteiger partial charge in [0.1, 0.15) is 5.82 Å². The fourth-order valence-corrected chi connectivity index (χ4v) is 1.76. The molecule has 1 heterocycles. The second kappa shape index (κ2) is 4.31. The van der Waals surface area contributed by atoms with Gasteiger partial charge in [-0.25, -0.2) is 4.39 Å². The van der Waals surface area contributed by atoms with Gasteiger partial charge < -0.3 is 5.32 Å². The van der Waals surface area contributed by atoms with Crippen LogP contribution in [0.2, 0.25) is 0 Å². The number of aldehydes is 1. The first-order valence-electron chi connectivity index (χ1n) is 5.08. The molecule has 1 aliphatic heterocycles. The van der Waals surface area contributed by atoms with E-state index >= 15 is 0 Å². The van der Waals surface area contributed by atoms with Crippen LogP contribution >= 0.6 is 0 Å². The Hall–Kier alpha value is -1.90. The van der Waals surface area contributed by atoms with Gasteiger partial charge in [0, 0.05) is 23.9 Å². The highest BCUT2D eigenvalue weighted by Crippen LogP contribution is 2.26. The zero-order chi connectivity index (χ0) is 11.5. The van der Waals surface area contributed by atoms with Crippen LogP contribution in [0.5, 0.6) is 0 Å². The number of rotatable bonds is 2. The first-order valence-corrected chi connectivity index (χ1v) is 5.08. The Labute approximate surface area is 93.5 Å². The molecule has 2 rings (SSSR count). The zero-order valence-electron chi connectivity index (χ0n) is 8.96. The van der Waals surface area contributed by atoms with E-state index in [0.717, 1.165) is 23.3 Å². The number of nitrogens with one attached hydrogen (secondary N) is 1. The molecule has 3 heteroatoms. The van der Waals surface area contributed by atoms with Gasteiger partial charge in [0.25, 0.3) is 0 Å². The van der Waals surface area contributed by atoms with Crippen molar-refractivity contribution in [3.05, 3.63) is 53.0 Å². The summed E-state index contributed by atoms with van der Waals surface area (Å²) in [6.07, 6.45) is 4.57. The van der Waals surface area contributed by atoms with Crippen molar-refractivity contribution >= 4 is 11.9 Å². The maximum Gasteiger partial charge on any atom is 0.150 e. The van der Waals surface area contributed by atoms with Crippen LogP contribution in [0.4, 0.5) is 4.39 Å².